The molecule has 0 radical (unpaired) electrons. The summed E-state index contributed by atoms with van der Waals surface area (Å²) in [6, 6.07) is 8.99. The average molecular weight is 517 g/mol. The molecule has 38 heavy (non-hydrogen) atoms. The number of phenolic OH excluding ortho intramolecular Hbond substituents is 2. The van der Waals surface area contributed by atoms with Crippen molar-refractivity contribution < 1.29 is 10.2 Å². The van der Waals surface area contributed by atoms with Gasteiger partial charge in [-0.15, -0.1) is 0 Å². The van der Waals surface area contributed by atoms with Gasteiger partial charge in [-0.05, 0) is 73.8 Å². The molecule has 0 spiro atoms. The minimum atomic E-state index is -0.206. The maximum absolute atomic E-state index is 11.5. The molecule has 0 bridgehead atoms. The summed E-state index contributed by atoms with van der Waals surface area (Å²) in [5.41, 5.74) is 6.75. The molecule has 1 aliphatic carbocycles. The van der Waals surface area contributed by atoms with E-state index in [0.717, 1.165) is 40.7 Å². The number of allylic oxidation sites excluding steroid dienone is 3. The van der Waals surface area contributed by atoms with Crippen LogP contribution in [-0.2, 0) is 21.7 Å². The van der Waals surface area contributed by atoms with Gasteiger partial charge in [0.2, 0.25) is 0 Å². The third-order valence-corrected chi connectivity index (χ3v) is 8.00. The second kappa shape index (κ2) is 9.92. The lowest BCUT2D eigenvalue weighted by Crippen LogP contribution is -2.23. The maximum atomic E-state index is 11.5. The van der Waals surface area contributed by atoms with Crippen molar-refractivity contribution in [3.8, 4) is 11.5 Å². The number of aromatic hydroxyl groups is 2. The van der Waals surface area contributed by atoms with Gasteiger partial charge < -0.3 is 10.2 Å². The van der Waals surface area contributed by atoms with E-state index in [9.17, 15) is 10.2 Å². The van der Waals surface area contributed by atoms with Crippen LogP contribution in [0.5, 0.6) is 11.5 Å². The molecule has 208 valence electrons. The predicted octanol–water partition coefficient (Wildman–Crippen LogP) is 9.94. The van der Waals surface area contributed by atoms with E-state index in [4.69, 9.17) is 0 Å². The molecule has 0 heterocycles. The van der Waals surface area contributed by atoms with Crippen molar-refractivity contribution >= 4 is 0 Å². The minimum Gasteiger partial charge on any atom is -0.507 e. The first kappa shape index (κ1) is 30.1. The molecule has 0 aliphatic heterocycles. The third-order valence-electron chi connectivity index (χ3n) is 8.00. The molecule has 2 N–H and O–H groups in total. The molecule has 2 nitrogen and oxygen atoms in total. The van der Waals surface area contributed by atoms with Crippen LogP contribution in [0, 0.1) is 5.92 Å². The number of phenols is 2. The van der Waals surface area contributed by atoms with Crippen LogP contribution in [0.15, 0.2) is 48.6 Å². The lowest BCUT2D eigenvalue weighted by atomic mass is 9.69. The molecule has 1 atom stereocenters. The highest BCUT2D eigenvalue weighted by Gasteiger charge is 2.34. The van der Waals surface area contributed by atoms with Crippen molar-refractivity contribution in [1.82, 2.24) is 0 Å². The minimum absolute atomic E-state index is 0.0994. The first-order valence-electron chi connectivity index (χ1n) is 14.2. The normalized spacial score (nSPS) is 17.4. The number of benzene rings is 2. The fraction of sp³-hybridized carbons (Fsp3) is 0.556. The smallest absolute Gasteiger partial charge is 0.123 e. The number of hydrogen-bond donors (Lipinski definition) is 2. The SMILES string of the molecule is C=C1C=CCC(C(c2cc(C(C)(C)C)c(O)c(C(C)(C)C)c2)c2cc(C(C)(C)C)c(O)c(C(C)(C)C)c2)C1. The fourth-order valence-electron chi connectivity index (χ4n) is 5.85. The Morgan fingerprint density at radius 2 is 0.947 bits per heavy atom. The summed E-state index contributed by atoms with van der Waals surface area (Å²) in [6.07, 6.45) is 6.31. The molecule has 0 saturated carbocycles. The van der Waals surface area contributed by atoms with Crippen LogP contribution in [0.4, 0.5) is 0 Å². The fourth-order valence-corrected chi connectivity index (χ4v) is 5.85. The quantitative estimate of drug-likeness (QED) is 0.426. The Hall–Kier alpha value is -2.48. The molecule has 1 aliphatic rings. The van der Waals surface area contributed by atoms with Gasteiger partial charge in [-0.25, -0.2) is 0 Å². The van der Waals surface area contributed by atoms with E-state index in [2.05, 4.69) is 126 Å². The van der Waals surface area contributed by atoms with E-state index in [-0.39, 0.29) is 27.6 Å². The van der Waals surface area contributed by atoms with E-state index in [1.165, 1.54) is 11.1 Å². The Morgan fingerprint density at radius 3 is 1.21 bits per heavy atom. The van der Waals surface area contributed by atoms with Crippen molar-refractivity contribution in [2.75, 3.05) is 0 Å². The van der Waals surface area contributed by atoms with Gasteiger partial charge in [0.15, 0.2) is 0 Å². The molecule has 0 saturated heterocycles. The zero-order valence-corrected chi connectivity index (χ0v) is 26.1. The van der Waals surface area contributed by atoms with Crippen LogP contribution >= 0.6 is 0 Å². The molecule has 0 aromatic heterocycles. The van der Waals surface area contributed by atoms with Gasteiger partial charge in [-0.1, -0.05) is 132 Å². The van der Waals surface area contributed by atoms with Gasteiger partial charge in [0.25, 0.3) is 0 Å². The van der Waals surface area contributed by atoms with Crippen molar-refractivity contribution in [2.24, 2.45) is 5.92 Å². The van der Waals surface area contributed by atoms with Gasteiger partial charge in [0.05, 0.1) is 0 Å². The topological polar surface area (TPSA) is 40.5 Å². The highest BCUT2D eigenvalue weighted by molar-refractivity contribution is 5.56. The third kappa shape index (κ3) is 6.22. The van der Waals surface area contributed by atoms with Gasteiger partial charge in [0, 0.05) is 5.92 Å². The van der Waals surface area contributed by atoms with Crippen LogP contribution in [0.2, 0.25) is 0 Å². The first-order chi connectivity index (χ1) is 17.1. The van der Waals surface area contributed by atoms with Crippen molar-refractivity contribution in [3.63, 3.8) is 0 Å². The molecule has 2 heteroatoms. The van der Waals surface area contributed by atoms with E-state index >= 15 is 0 Å². The summed E-state index contributed by atoms with van der Waals surface area (Å²) in [5.74, 6) is 1.26. The van der Waals surface area contributed by atoms with Crippen molar-refractivity contribution in [1.29, 1.82) is 0 Å². The Morgan fingerprint density at radius 1 is 0.632 bits per heavy atom. The van der Waals surface area contributed by atoms with E-state index in [1.54, 1.807) is 0 Å². The largest absolute Gasteiger partial charge is 0.507 e. The average Bonchev–Trinajstić information content (AvgIpc) is 2.72. The van der Waals surface area contributed by atoms with Gasteiger partial charge in [-0.2, -0.15) is 0 Å². The Kier molecular flexibility index (Phi) is 7.85. The zero-order chi connectivity index (χ0) is 29.0. The summed E-state index contributed by atoms with van der Waals surface area (Å²) in [4.78, 5) is 0. The monoisotopic (exact) mass is 516 g/mol. The van der Waals surface area contributed by atoms with Crippen molar-refractivity contribution in [3.05, 3.63) is 82.0 Å². The van der Waals surface area contributed by atoms with Crippen molar-refractivity contribution in [2.45, 2.75) is 124 Å². The Balaban J connectivity index is 2.45. The van der Waals surface area contributed by atoms with Gasteiger partial charge >= 0.3 is 0 Å². The van der Waals surface area contributed by atoms with Gasteiger partial charge in [-0.3, -0.25) is 0 Å². The van der Waals surface area contributed by atoms with E-state index in [1.807, 2.05) is 0 Å². The summed E-state index contributed by atoms with van der Waals surface area (Å²) in [6.45, 7) is 30.4. The molecular formula is C36H52O2. The lowest BCUT2D eigenvalue weighted by molar-refractivity contribution is 0.415. The second-order valence-electron chi connectivity index (χ2n) is 15.7. The molecule has 2 aromatic carbocycles. The molecule has 3 rings (SSSR count). The Labute approximate surface area is 232 Å². The maximum Gasteiger partial charge on any atom is 0.123 e. The molecule has 0 fully saturated rings. The Bertz CT molecular complexity index is 1080. The molecule has 2 aromatic rings. The van der Waals surface area contributed by atoms with Crippen LogP contribution in [0.3, 0.4) is 0 Å². The summed E-state index contributed by atoms with van der Waals surface area (Å²) in [7, 11) is 0. The predicted molar refractivity (Wildman–Crippen MR) is 164 cm³/mol. The van der Waals surface area contributed by atoms with Crippen LogP contribution in [0.25, 0.3) is 0 Å². The van der Waals surface area contributed by atoms with Crippen LogP contribution < -0.4 is 0 Å². The van der Waals surface area contributed by atoms with E-state index in [0.29, 0.717) is 17.4 Å². The summed E-state index contributed by atoms with van der Waals surface area (Å²) < 4.78 is 0. The summed E-state index contributed by atoms with van der Waals surface area (Å²) >= 11 is 0. The lowest BCUT2D eigenvalue weighted by Gasteiger charge is -2.36. The summed E-state index contributed by atoms with van der Waals surface area (Å²) in [5, 5.41) is 22.9. The highest BCUT2D eigenvalue weighted by atomic mass is 16.3. The molecular weight excluding hydrogens is 464 g/mol. The molecule has 0 amide bonds. The van der Waals surface area contributed by atoms with Crippen LogP contribution in [-0.4, -0.2) is 10.2 Å². The van der Waals surface area contributed by atoms with Gasteiger partial charge in [0.1, 0.15) is 11.5 Å². The first-order valence-corrected chi connectivity index (χ1v) is 14.2. The standard InChI is InChI=1S/C36H52O2/c1-22-15-14-16-23(17-22)30(24-18-26(33(2,3)4)31(37)27(19-24)34(5,6)7)25-20-28(35(8,9)10)32(38)29(21-25)36(11,12)13/h14-15,18-21,23,30,37-38H,1,16-17H2,2-13H3. The number of rotatable bonds is 3. The van der Waals surface area contributed by atoms with Crippen LogP contribution in [0.1, 0.15) is 135 Å². The number of hydrogen-bond acceptors (Lipinski definition) is 2. The second-order valence-corrected chi connectivity index (χ2v) is 15.7. The molecule has 1 unspecified atom stereocenters. The zero-order valence-electron chi connectivity index (χ0n) is 26.1. The van der Waals surface area contributed by atoms with E-state index < -0.39 is 0 Å². The highest BCUT2D eigenvalue weighted by Crippen LogP contribution is 2.48.